The Hall–Kier alpha value is -0.970. The van der Waals surface area contributed by atoms with Crippen molar-refractivity contribution in [2.75, 3.05) is 0 Å². The van der Waals surface area contributed by atoms with Crippen LogP contribution in [0.4, 0.5) is 0 Å². The zero-order valence-corrected chi connectivity index (χ0v) is 11.1. The Balaban J connectivity index is 2.29. The minimum absolute atomic E-state index is 0.125. The molecular weight excluding hydrogens is 276 g/mol. The maximum absolute atomic E-state index is 11.2. The van der Waals surface area contributed by atoms with Gasteiger partial charge in [0.1, 0.15) is 0 Å². The fraction of sp³-hybridized carbons (Fsp3) is 0. The molecule has 2 rings (SSSR count). The molecule has 0 aliphatic heterocycles. The first-order valence-corrected chi connectivity index (χ1v) is 7.96. The van der Waals surface area contributed by atoms with Crippen molar-refractivity contribution >= 4 is 31.5 Å². The molecule has 2 nitrogen and oxygen atoms in total. The molecule has 2 aromatic rings. The molecule has 0 spiro atoms. The number of benzene rings is 2. The second kappa shape index (κ2) is 5.12. The van der Waals surface area contributed by atoms with Gasteiger partial charge in [-0.1, -0.05) is 36.0 Å². The summed E-state index contributed by atoms with van der Waals surface area (Å²) in [7, 11) is 1.64. The van der Waals surface area contributed by atoms with Crippen molar-refractivity contribution in [3.63, 3.8) is 0 Å². The highest BCUT2D eigenvalue weighted by Gasteiger charge is 2.10. The first-order valence-electron chi connectivity index (χ1n) is 4.83. The van der Waals surface area contributed by atoms with E-state index in [1.54, 1.807) is 12.1 Å². The molecular formula is C12H9ClO2S2. The first kappa shape index (κ1) is 12.5. The van der Waals surface area contributed by atoms with Crippen LogP contribution in [0.3, 0.4) is 0 Å². The molecule has 0 N–H and O–H groups in total. The third-order valence-corrected chi connectivity index (χ3v) is 4.41. The summed E-state index contributed by atoms with van der Waals surface area (Å²) in [4.78, 5) is 2.02. The van der Waals surface area contributed by atoms with Crippen molar-refractivity contribution < 1.29 is 8.42 Å². The molecule has 0 amide bonds. The summed E-state index contributed by atoms with van der Waals surface area (Å²) in [6.07, 6.45) is 0. The second-order valence-electron chi connectivity index (χ2n) is 3.33. The second-order valence-corrected chi connectivity index (χ2v) is 7.04. The van der Waals surface area contributed by atoms with Crippen molar-refractivity contribution in [2.24, 2.45) is 0 Å². The lowest BCUT2D eigenvalue weighted by Crippen LogP contribution is -1.89. The monoisotopic (exact) mass is 284 g/mol. The molecule has 0 aromatic heterocycles. The van der Waals surface area contributed by atoms with Crippen LogP contribution in [0.2, 0.25) is 0 Å². The molecule has 0 aliphatic rings. The maximum Gasteiger partial charge on any atom is 0.261 e. The minimum Gasteiger partial charge on any atom is -0.207 e. The highest BCUT2D eigenvalue weighted by Crippen LogP contribution is 2.29. The zero-order chi connectivity index (χ0) is 12.3. The van der Waals surface area contributed by atoms with E-state index in [2.05, 4.69) is 0 Å². The van der Waals surface area contributed by atoms with Crippen molar-refractivity contribution in [3.8, 4) is 0 Å². The number of hydrogen-bond acceptors (Lipinski definition) is 3. The third-order valence-electron chi connectivity index (χ3n) is 2.07. The normalized spacial score (nSPS) is 11.4. The standard InChI is InChI=1S/C12H9ClO2S2/c13-17(14,15)12-8-4-7-11(9-12)16-10-5-2-1-3-6-10/h1-9H. The van der Waals surface area contributed by atoms with Gasteiger partial charge in [-0.15, -0.1) is 0 Å². The predicted octanol–water partition coefficient (Wildman–Crippen LogP) is 3.77. The van der Waals surface area contributed by atoms with Gasteiger partial charge in [0, 0.05) is 20.5 Å². The third kappa shape index (κ3) is 3.49. The lowest BCUT2D eigenvalue weighted by atomic mass is 10.4. The molecule has 0 radical (unpaired) electrons. The fourth-order valence-corrected chi connectivity index (χ4v) is 3.08. The van der Waals surface area contributed by atoms with Gasteiger partial charge in [0.2, 0.25) is 0 Å². The molecule has 0 atom stereocenters. The Kier molecular flexibility index (Phi) is 3.76. The van der Waals surface area contributed by atoms with Crippen LogP contribution in [0.1, 0.15) is 0 Å². The SMILES string of the molecule is O=S(=O)(Cl)c1cccc(Sc2ccccc2)c1. The van der Waals surface area contributed by atoms with Gasteiger partial charge in [0.15, 0.2) is 0 Å². The van der Waals surface area contributed by atoms with E-state index in [-0.39, 0.29) is 4.90 Å². The molecule has 0 aliphatic carbocycles. The van der Waals surface area contributed by atoms with E-state index in [0.29, 0.717) is 0 Å². The number of hydrogen-bond donors (Lipinski definition) is 0. The van der Waals surface area contributed by atoms with Crippen LogP contribution in [0, 0.1) is 0 Å². The summed E-state index contributed by atoms with van der Waals surface area (Å²) in [5, 5.41) is 0. The average molecular weight is 285 g/mol. The van der Waals surface area contributed by atoms with E-state index in [0.717, 1.165) is 9.79 Å². The van der Waals surface area contributed by atoms with Crippen LogP contribution in [0.25, 0.3) is 0 Å². The highest BCUT2D eigenvalue weighted by atomic mass is 35.7. The van der Waals surface area contributed by atoms with Gasteiger partial charge in [-0.05, 0) is 30.3 Å². The van der Waals surface area contributed by atoms with Gasteiger partial charge in [0.05, 0.1) is 4.90 Å². The van der Waals surface area contributed by atoms with Crippen molar-refractivity contribution in [3.05, 3.63) is 54.6 Å². The lowest BCUT2D eigenvalue weighted by molar-refractivity contribution is 0.609. The molecule has 0 saturated heterocycles. The van der Waals surface area contributed by atoms with Crippen LogP contribution < -0.4 is 0 Å². The molecule has 0 fully saturated rings. The summed E-state index contributed by atoms with van der Waals surface area (Å²) >= 11 is 1.49. The molecule has 5 heteroatoms. The lowest BCUT2D eigenvalue weighted by Gasteiger charge is -2.02. The van der Waals surface area contributed by atoms with Crippen LogP contribution in [-0.2, 0) is 9.05 Å². The molecule has 88 valence electrons. The fourth-order valence-electron chi connectivity index (χ4n) is 1.31. The van der Waals surface area contributed by atoms with E-state index in [4.69, 9.17) is 10.7 Å². The van der Waals surface area contributed by atoms with Gasteiger partial charge < -0.3 is 0 Å². The maximum atomic E-state index is 11.2. The molecule has 0 bridgehead atoms. The topological polar surface area (TPSA) is 34.1 Å². The smallest absolute Gasteiger partial charge is 0.207 e. The minimum atomic E-state index is -3.66. The summed E-state index contributed by atoms with van der Waals surface area (Å²) in [6.45, 7) is 0. The molecule has 0 unspecified atom stereocenters. The molecule has 0 heterocycles. The quantitative estimate of drug-likeness (QED) is 0.805. The van der Waals surface area contributed by atoms with Gasteiger partial charge >= 0.3 is 0 Å². The summed E-state index contributed by atoms with van der Waals surface area (Å²) < 4.78 is 22.4. The van der Waals surface area contributed by atoms with E-state index in [9.17, 15) is 8.42 Å². The zero-order valence-electron chi connectivity index (χ0n) is 8.71. The van der Waals surface area contributed by atoms with Crippen molar-refractivity contribution in [1.82, 2.24) is 0 Å². The summed E-state index contributed by atoms with van der Waals surface area (Å²) in [6, 6.07) is 16.3. The van der Waals surface area contributed by atoms with E-state index in [1.165, 1.54) is 17.8 Å². The van der Waals surface area contributed by atoms with Gasteiger partial charge in [-0.3, -0.25) is 0 Å². The Morgan fingerprint density at radius 2 is 1.53 bits per heavy atom. The van der Waals surface area contributed by atoms with E-state index >= 15 is 0 Å². The average Bonchev–Trinajstić information content (AvgIpc) is 2.29. The summed E-state index contributed by atoms with van der Waals surface area (Å²) in [5.74, 6) is 0. The Bertz CT molecular complexity index is 609. The summed E-state index contributed by atoms with van der Waals surface area (Å²) in [5.41, 5.74) is 0. The predicted molar refractivity (Wildman–Crippen MR) is 70.0 cm³/mol. The van der Waals surface area contributed by atoms with Gasteiger partial charge in [-0.25, -0.2) is 8.42 Å². The largest absolute Gasteiger partial charge is 0.261 e. The number of rotatable bonds is 3. The van der Waals surface area contributed by atoms with Gasteiger partial charge in [-0.2, -0.15) is 0 Å². The van der Waals surface area contributed by atoms with Crippen molar-refractivity contribution in [1.29, 1.82) is 0 Å². The molecule has 2 aromatic carbocycles. The molecule has 17 heavy (non-hydrogen) atoms. The number of halogens is 1. The first-order chi connectivity index (χ1) is 8.05. The highest BCUT2D eigenvalue weighted by molar-refractivity contribution is 8.13. The van der Waals surface area contributed by atoms with Crippen LogP contribution in [0.5, 0.6) is 0 Å². The Morgan fingerprint density at radius 1 is 0.882 bits per heavy atom. The molecule has 0 saturated carbocycles. The van der Waals surface area contributed by atoms with Gasteiger partial charge in [0.25, 0.3) is 9.05 Å². The van der Waals surface area contributed by atoms with Crippen LogP contribution in [0.15, 0.2) is 69.3 Å². The van der Waals surface area contributed by atoms with E-state index in [1.807, 2.05) is 36.4 Å². The van der Waals surface area contributed by atoms with Crippen LogP contribution in [-0.4, -0.2) is 8.42 Å². The van der Waals surface area contributed by atoms with E-state index < -0.39 is 9.05 Å². The van der Waals surface area contributed by atoms with Crippen LogP contribution >= 0.6 is 22.4 Å². The Labute approximate surface area is 109 Å². The van der Waals surface area contributed by atoms with Crippen molar-refractivity contribution in [2.45, 2.75) is 14.7 Å². The Morgan fingerprint density at radius 3 is 2.18 bits per heavy atom.